The maximum Gasteiger partial charge on any atom is 0.165 e. The highest BCUT2D eigenvalue weighted by Gasteiger charge is 2.14. The van der Waals surface area contributed by atoms with Crippen molar-refractivity contribution < 1.29 is 19.7 Å². The predicted octanol–water partition coefficient (Wildman–Crippen LogP) is 0.698. The lowest BCUT2D eigenvalue weighted by molar-refractivity contribution is 0.170. The van der Waals surface area contributed by atoms with E-state index < -0.39 is 0 Å². The predicted molar refractivity (Wildman–Crippen MR) is 49.9 cm³/mol. The van der Waals surface area contributed by atoms with Crippen molar-refractivity contribution in [2.24, 2.45) is 0 Å². The molecule has 0 bridgehead atoms. The number of hydrogen-bond donors (Lipinski definition) is 2. The quantitative estimate of drug-likeness (QED) is 0.731. The minimum absolute atomic E-state index is 0.00715. The molecule has 14 heavy (non-hydrogen) atoms. The van der Waals surface area contributed by atoms with Gasteiger partial charge in [-0.15, -0.1) is 0 Å². The summed E-state index contributed by atoms with van der Waals surface area (Å²) in [7, 11) is 0. The van der Waals surface area contributed by atoms with E-state index in [1.807, 2.05) is 0 Å². The lowest BCUT2D eigenvalue weighted by Gasteiger charge is -2.19. The van der Waals surface area contributed by atoms with Crippen molar-refractivity contribution in [3.8, 4) is 17.2 Å². The summed E-state index contributed by atoms with van der Waals surface area (Å²) in [5.41, 5.74) is 0.678. The fourth-order valence-corrected chi connectivity index (χ4v) is 1.44. The van der Waals surface area contributed by atoms with Gasteiger partial charge in [0.05, 0.1) is 0 Å². The molecule has 1 aliphatic rings. The first-order valence-corrected chi connectivity index (χ1v) is 4.53. The summed E-state index contributed by atoms with van der Waals surface area (Å²) < 4.78 is 10.6. The zero-order valence-electron chi connectivity index (χ0n) is 7.69. The monoisotopic (exact) mass is 196 g/mol. The number of rotatable bonds is 2. The second-order valence-electron chi connectivity index (χ2n) is 3.10. The fraction of sp³-hybridized carbons (Fsp3) is 0.400. The summed E-state index contributed by atoms with van der Waals surface area (Å²) in [6, 6.07) is 3.24. The number of aliphatic hydroxyl groups excluding tert-OH is 1. The van der Waals surface area contributed by atoms with Gasteiger partial charge in [0.2, 0.25) is 0 Å². The van der Waals surface area contributed by atoms with Crippen molar-refractivity contribution in [3.63, 3.8) is 0 Å². The Labute approximate surface area is 81.7 Å². The number of benzene rings is 1. The fourth-order valence-electron chi connectivity index (χ4n) is 1.44. The van der Waals surface area contributed by atoms with Crippen LogP contribution in [0.1, 0.15) is 5.56 Å². The van der Waals surface area contributed by atoms with Gasteiger partial charge >= 0.3 is 0 Å². The summed E-state index contributed by atoms with van der Waals surface area (Å²) in [5.74, 6) is 1.34. The van der Waals surface area contributed by atoms with Crippen molar-refractivity contribution in [2.75, 3.05) is 19.8 Å². The molecule has 0 aliphatic carbocycles. The Hall–Kier alpha value is -1.42. The third kappa shape index (κ3) is 1.61. The third-order valence-electron chi connectivity index (χ3n) is 2.12. The van der Waals surface area contributed by atoms with E-state index in [2.05, 4.69) is 0 Å². The van der Waals surface area contributed by atoms with E-state index in [0.29, 0.717) is 36.7 Å². The molecule has 0 aromatic heterocycles. The lowest BCUT2D eigenvalue weighted by atomic mass is 10.1. The number of fused-ring (bicyclic) bond motifs is 1. The normalized spacial score (nSPS) is 14.1. The molecule has 0 radical (unpaired) electrons. The van der Waals surface area contributed by atoms with Crippen molar-refractivity contribution in [2.45, 2.75) is 6.42 Å². The second kappa shape index (κ2) is 3.75. The van der Waals surface area contributed by atoms with E-state index in [1.54, 1.807) is 6.07 Å². The minimum Gasteiger partial charge on any atom is -0.508 e. The van der Waals surface area contributed by atoms with Crippen molar-refractivity contribution >= 4 is 0 Å². The molecule has 0 amide bonds. The van der Waals surface area contributed by atoms with Crippen LogP contribution < -0.4 is 9.47 Å². The molecule has 0 atom stereocenters. The SMILES string of the molecule is OCCc1cc2c(cc1O)OCCO2. The summed E-state index contributed by atoms with van der Waals surface area (Å²) in [5, 5.41) is 18.3. The number of phenols is 1. The van der Waals surface area contributed by atoms with E-state index in [1.165, 1.54) is 6.07 Å². The molecule has 4 nitrogen and oxygen atoms in total. The molecule has 2 rings (SSSR count). The molecule has 0 unspecified atom stereocenters. The van der Waals surface area contributed by atoms with Crippen LogP contribution in [0.15, 0.2) is 12.1 Å². The molecule has 1 aromatic rings. The third-order valence-corrected chi connectivity index (χ3v) is 2.12. The van der Waals surface area contributed by atoms with Crippen LogP contribution in [0.4, 0.5) is 0 Å². The smallest absolute Gasteiger partial charge is 0.165 e. The summed E-state index contributed by atoms with van der Waals surface area (Å²) in [6.07, 6.45) is 0.419. The van der Waals surface area contributed by atoms with Crippen LogP contribution in [0, 0.1) is 0 Å². The number of aliphatic hydroxyl groups is 1. The minimum atomic E-state index is 0.00715. The van der Waals surface area contributed by atoms with Gasteiger partial charge in [0, 0.05) is 18.2 Å². The Morgan fingerprint density at radius 1 is 1.14 bits per heavy atom. The molecule has 76 valence electrons. The molecule has 1 aliphatic heterocycles. The first kappa shape index (κ1) is 9.15. The maximum atomic E-state index is 9.55. The summed E-state index contributed by atoms with van der Waals surface area (Å²) in [4.78, 5) is 0. The van der Waals surface area contributed by atoms with Crippen LogP contribution in [0.2, 0.25) is 0 Å². The molecule has 0 saturated heterocycles. The number of aromatic hydroxyl groups is 1. The lowest BCUT2D eigenvalue weighted by Crippen LogP contribution is -2.15. The molecule has 1 aromatic carbocycles. The topological polar surface area (TPSA) is 58.9 Å². The van der Waals surface area contributed by atoms with Crippen molar-refractivity contribution in [1.29, 1.82) is 0 Å². The van der Waals surface area contributed by atoms with Crippen LogP contribution in [-0.4, -0.2) is 30.0 Å². The summed E-state index contributed by atoms with van der Waals surface area (Å²) >= 11 is 0. The number of ether oxygens (including phenoxy) is 2. The first-order chi connectivity index (χ1) is 6.81. The van der Waals surface area contributed by atoms with Gasteiger partial charge in [-0.3, -0.25) is 0 Å². The van der Waals surface area contributed by atoms with Gasteiger partial charge in [-0.05, 0) is 12.5 Å². The van der Waals surface area contributed by atoms with Gasteiger partial charge in [-0.1, -0.05) is 0 Å². The van der Waals surface area contributed by atoms with E-state index in [0.717, 1.165) is 0 Å². The van der Waals surface area contributed by atoms with Gasteiger partial charge in [-0.2, -0.15) is 0 Å². The Balaban J connectivity index is 2.35. The van der Waals surface area contributed by atoms with E-state index in [9.17, 15) is 5.11 Å². The summed E-state index contributed by atoms with van der Waals surface area (Å²) in [6.45, 7) is 1.04. The van der Waals surface area contributed by atoms with Gasteiger partial charge < -0.3 is 19.7 Å². The maximum absolute atomic E-state index is 9.55. The molecule has 0 saturated carbocycles. The van der Waals surface area contributed by atoms with E-state index in [-0.39, 0.29) is 12.4 Å². The van der Waals surface area contributed by atoms with Crippen LogP contribution >= 0.6 is 0 Å². The molecule has 1 heterocycles. The largest absolute Gasteiger partial charge is 0.508 e. The van der Waals surface area contributed by atoms with Crippen LogP contribution in [0.5, 0.6) is 17.2 Å². The zero-order chi connectivity index (χ0) is 9.97. The molecular weight excluding hydrogens is 184 g/mol. The van der Waals surface area contributed by atoms with Crippen molar-refractivity contribution in [3.05, 3.63) is 17.7 Å². The van der Waals surface area contributed by atoms with Crippen LogP contribution in [0.25, 0.3) is 0 Å². The average molecular weight is 196 g/mol. The van der Waals surface area contributed by atoms with Crippen molar-refractivity contribution in [1.82, 2.24) is 0 Å². The molecule has 0 fully saturated rings. The molecule has 0 spiro atoms. The second-order valence-corrected chi connectivity index (χ2v) is 3.10. The van der Waals surface area contributed by atoms with E-state index in [4.69, 9.17) is 14.6 Å². The highest BCUT2D eigenvalue weighted by molar-refractivity contribution is 5.50. The van der Waals surface area contributed by atoms with E-state index >= 15 is 0 Å². The number of phenolic OH excluding ortho intramolecular Hbond substituents is 1. The molecular formula is C10H12O4. The zero-order valence-corrected chi connectivity index (χ0v) is 7.69. The Morgan fingerprint density at radius 3 is 2.43 bits per heavy atom. The standard InChI is InChI=1S/C10H12O4/c11-2-1-7-5-9-10(6-8(7)12)14-4-3-13-9/h5-6,11-12H,1-4H2. The number of hydrogen-bond acceptors (Lipinski definition) is 4. The molecule has 4 heteroatoms. The van der Waals surface area contributed by atoms with Gasteiger partial charge in [0.1, 0.15) is 19.0 Å². The highest BCUT2D eigenvalue weighted by atomic mass is 16.6. The first-order valence-electron chi connectivity index (χ1n) is 4.53. The Kier molecular flexibility index (Phi) is 2.45. The van der Waals surface area contributed by atoms with Gasteiger partial charge in [0.15, 0.2) is 11.5 Å². The Bertz CT molecular complexity index is 335. The highest BCUT2D eigenvalue weighted by Crippen LogP contribution is 2.36. The van der Waals surface area contributed by atoms with Crippen LogP contribution in [0.3, 0.4) is 0 Å². The van der Waals surface area contributed by atoms with Gasteiger partial charge in [-0.25, -0.2) is 0 Å². The van der Waals surface area contributed by atoms with Crippen LogP contribution in [-0.2, 0) is 6.42 Å². The molecule has 2 N–H and O–H groups in total. The Morgan fingerprint density at radius 2 is 1.79 bits per heavy atom. The average Bonchev–Trinajstić information content (AvgIpc) is 2.19. The van der Waals surface area contributed by atoms with Gasteiger partial charge in [0.25, 0.3) is 0 Å².